The first-order chi connectivity index (χ1) is 25.4. The summed E-state index contributed by atoms with van der Waals surface area (Å²) in [5.74, 6) is 1.24. The van der Waals surface area contributed by atoms with E-state index in [0.29, 0.717) is 46.6 Å². The Morgan fingerprint density at radius 2 is 1.28 bits per heavy atom. The smallest absolute Gasteiger partial charge is 0.366 e. The van der Waals surface area contributed by atoms with E-state index >= 15 is 0 Å². The lowest BCUT2D eigenvalue weighted by atomic mass is 10.1. The Hall–Kier alpha value is -5.79. The molecule has 0 aliphatic carbocycles. The van der Waals surface area contributed by atoms with Gasteiger partial charge in [-0.3, -0.25) is 4.90 Å². The maximum Gasteiger partial charge on any atom is 0.416 e. The van der Waals surface area contributed by atoms with Crippen LogP contribution in [0, 0.1) is 0 Å². The second kappa shape index (κ2) is 13.3. The van der Waals surface area contributed by atoms with Gasteiger partial charge in [0.2, 0.25) is 0 Å². The summed E-state index contributed by atoms with van der Waals surface area (Å²) >= 11 is 0. The van der Waals surface area contributed by atoms with Crippen molar-refractivity contribution in [2.45, 2.75) is 37.3 Å². The van der Waals surface area contributed by atoms with Gasteiger partial charge >= 0.3 is 18.4 Å². The van der Waals surface area contributed by atoms with Crippen molar-refractivity contribution >= 4 is 34.7 Å². The van der Waals surface area contributed by atoms with Gasteiger partial charge in [-0.05, 0) is 73.5 Å². The number of pyridine rings is 2. The number of carbonyl (C=O) groups excluding carboxylic acids is 1. The van der Waals surface area contributed by atoms with Gasteiger partial charge in [-0.1, -0.05) is 42.5 Å². The number of nitrogens with zero attached hydrogens (tertiary/aromatic N) is 5. The second-order valence-corrected chi connectivity index (χ2v) is 13.4. The third-order valence-electron chi connectivity index (χ3n) is 9.91. The lowest BCUT2D eigenvalue weighted by Crippen LogP contribution is -2.48. The fourth-order valence-corrected chi connectivity index (χ4v) is 7.31. The van der Waals surface area contributed by atoms with Crippen LogP contribution >= 0.6 is 0 Å². The van der Waals surface area contributed by atoms with E-state index in [1.54, 1.807) is 41.3 Å². The molecule has 4 aliphatic rings. The van der Waals surface area contributed by atoms with E-state index in [4.69, 9.17) is 0 Å². The number of anilines is 5. The molecule has 2 aromatic heterocycles. The molecule has 4 bridgehead atoms. The summed E-state index contributed by atoms with van der Waals surface area (Å²) in [6.45, 7) is 3.48. The maximum atomic E-state index is 13.2. The van der Waals surface area contributed by atoms with Gasteiger partial charge in [0, 0.05) is 49.0 Å². The molecule has 3 aromatic carbocycles. The van der Waals surface area contributed by atoms with Crippen LogP contribution in [0.3, 0.4) is 0 Å². The first kappa shape index (κ1) is 34.3. The summed E-state index contributed by atoms with van der Waals surface area (Å²) in [4.78, 5) is 28.4. The van der Waals surface area contributed by atoms with Crippen LogP contribution in [0.25, 0.3) is 22.5 Å². The quantitative estimate of drug-likeness (QED) is 0.181. The van der Waals surface area contributed by atoms with Gasteiger partial charge in [0.15, 0.2) is 11.6 Å². The van der Waals surface area contributed by atoms with Gasteiger partial charge in [0.25, 0.3) is 0 Å². The number of hydrogen-bond donors (Lipinski definition) is 2. The van der Waals surface area contributed by atoms with Crippen molar-refractivity contribution in [2.24, 2.45) is 0 Å². The number of carbonyl (C=O) groups is 1. The van der Waals surface area contributed by atoms with E-state index in [0.717, 1.165) is 73.9 Å². The highest BCUT2D eigenvalue weighted by molar-refractivity contribution is 6.04. The summed E-state index contributed by atoms with van der Waals surface area (Å²) in [5, 5.41) is 6.27. The number of fused-ring (bicyclic) bond motifs is 8. The Balaban J connectivity index is 0.000000160. The fraction of sp³-hybridized carbons (Fsp3) is 0.256. The van der Waals surface area contributed by atoms with Crippen molar-refractivity contribution in [3.63, 3.8) is 0 Å². The lowest BCUT2D eigenvalue weighted by molar-refractivity contribution is -0.138. The van der Waals surface area contributed by atoms with Gasteiger partial charge < -0.3 is 20.4 Å². The zero-order chi connectivity index (χ0) is 36.9. The molecule has 6 heterocycles. The molecule has 2 N–H and O–H groups in total. The molecule has 2 atom stereocenters. The molecule has 0 spiro atoms. The average molecular weight is 730 g/mol. The van der Waals surface area contributed by atoms with Crippen LogP contribution in [-0.4, -0.2) is 54.3 Å². The van der Waals surface area contributed by atoms with Crippen molar-refractivity contribution < 1.29 is 31.1 Å². The molecule has 8 nitrogen and oxygen atoms in total. The van der Waals surface area contributed by atoms with Crippen molar-refractivity contribution in [3.05, 3.63) is 114 Å². The highest BCUT2D eigenvalue weighted by Gasteiger charge is 2.40. The van der Waals surface area contributed by atoms with Crippen LogP contribution in [0.2, 0.25) is 0 Å². The maximum absolute atomic E-state index is 13.2. The molecule has 2 amide bonds. The molecule has 5 aromatic rings. The van der Waals surface area contributed by atoms with Crippen LogP contribution in [0.5, 0.6) is 0 Å². The van der Waals surface area contributed by atoms with E-state index in [1.807, 2.05) is 30.3 Å². The van der Waals surface area contributed by atoms with E-state index in [9.17, 15) is 31.1 Å². The molecular formula is C39H33F6N7O. The molecular weight excluding hydrogens is 696 g/mol. The number of nitrogens with one attached hydrogen (secondary N) is 2. The molecule has 53 heavy (non-hydrogen) atoms. The number of amides is 2. The molecule has 0 saturated carbocycles. The monoisotopic (exact) mass is 729 g/mol. The first-order valence-electron chi connectivity index (χ1n) is 17.2. The van der Waals surface area contributed by atoms with Crippen LogP contribution < -0.4 is 25.3 Å². The van der Waals surface area contributed by atoms with Crippen molar-refractivity contribution in [3.8, 4) is 22.5 Å². The largest absolute Gasteiger partial charge is 0.416 e. The highest BCUT2D eigenvalue weighted by atomic mass is 19.4. The number of hydrogen-bond acceptors (Lipinski definition) is 6. The minimum absolute atomic E-state index is 0.0412. The van der Waals surface area contributed by atoms with E-state index in [-0.39, 0.29) is 12.1 Å². The molecule has 9 rings (SSSR count). The average Bonchev–Trinajstić information content (AvgIpc) is 3.75. The van der Waals surface area contributed by atoms with Crippen molar-refractivity contribution in [1.29, 1.82) is 0 Å². The highest BCUT2D eigenvalue weighted by Crippen LogP contribution is 2.41. The molecule has 2 fully saturated rings. The summed E-state index contributed by atoms with van der Waals surface area (Å²) in [6.07, 6.45) is -6.91. The van der Waals surface area contributed by atoms with Gasteiger partial charge in [-0.2, -0.15) is 26.3 Å². The molecule has 0 radical (unpaired) electrons. The van der Waals surface area contributed by atoms with E-state index in [1.165, 1.54) is 12.1 Å². The zero-order valence-corrected chi connectivity index (χ0v) is 28.1. The predicted octanol–water partition coefficient (Wildman–Crippen LogP) is 9.17. The number of halogens is 6. The Labute approximate surface area is 301 Å². The van der Waals surface area contributed by atoms with Crippen LogP contribution in [0.1, 0.15) is 24.0 Å². The van der Waals surface area contributed by atoms with Gasteiger partial charge in [0.05, 0.1) is 39.9 Å². The molecule has 14 heteroatoms. The Kier molecular flexibility index (Phi) is 8.62. The SMILES string of the molecule is FC(F)(F)c1cccc(-c2ccc3c(n2)N[C@H]2CCN3C2)c1.O=C(Nc1ccccc1)N1c2nc(-c3cccc(C(F)(F)F)c3)ccc2N2CC[C@H]1C2. The third kappa shape index (κ3) is 6.92. The standard InChI is InChI=1S/C23H19F3N4O.C16H14F3N3/c24-23(25,26)16-6-4-5-15(13-16)19-9-10-20-21(28-19)30(18-11-12-29(20)14-18)22(31)27-17-7-2-1-3-8-17;17-16(18,19)11-3-1-2-10(8-11)13-4-5-14-15(21-13)20-12-6-7-22(14)9-12/h1-10,13,18H,11-12,14H2,(H,27,31);1-5,8,12H,6-7,9H2,(H,20,21)/t18-;12-/m00/s1. The van der Waals surface area contributed by atoms with Crippen LogP contribution in [0.4, 0.5) is 59.8 Å². The predicted molar refractivity (Wildman–Crippen MR) is 192 cm³/mol. The second-order valence-electron chi connectivity index (χ2n) is 13.4. The molecule has 4 aliphatic heterocycles. The molecule has 272 valence electrons. The summed E-state index contributed by atoms with van der Waals surface area (Å²) in [5.41, 5.74) is 2.92. The normalized spacial score (nSPS) is 18.4. The Bertz CT molecular complexity index is 2160. The summed E-state index contributed by atoms with van der Waals surface area (Å²) in [7, 11) is 0. The molecule has 2 saturated heterocycles. The topological polar surface area (TPSA) is 76.6 Å². The summed E-state index contributed by atoms with van der Waals surface area (Å²) in [6, 6.07) is 26.8. The minimum Gasteiger partial charge on any atom is -0.366 e. The number of alkyl halides is 6. The number of urea groups is 1. The Morgan fingerprint density at radius 3 is 1.94 bits per heavy atom. The first-order valence-corrected chi connectivity index (χ1v) is 17.2. The van der Waals surface area contributed by atoms with Crippen molar-refractivity contribution in [2.75, 3.05) is 51.5 Å². The van der Waals surface area contributed by atoms with Crippen LogP contribution in [-0.2, 0) is 12.4 Å². The van der Waals surface area contributed by atoms with Crippen molar-refractivity contribution in [1.82, 2.24) is 9.97 Å². The third-order valence-corrected chi connectivity index (χ3v) is 9.91. The van der Waals surface area contributed by atoms with E-state index in [2.05, 4.69) is 30.4 Å². The number of benzene rings is 3. The van der Waals surface area contributed by atoms with Crippen LogP contribution in [0.15, 0.2) is 103 Å². The zero-order valence-electron chi connectivity index (χ0n) is 28.1. The van der Waals surface area contributed by atoms with Gasteiger partial charge in [-0.15, -0.1) is 0 Å². The number of para-hydroxylation sites is 1. The number of aromatic nitrogens is 2. The van der Waals surface area contributed by atoms with Gasteiger partial charge in [0.1, 0.15) is 0 Å². The Morgan fingerprint density at radius 1 is 0.679 bits per heavy atom. The minimum atomic E-state index is -4.43. The van der Waals surface area contributed by atoms with E-state index < -0.39 is 23.5 Å². The number of rotatable bonds is 3. The summed E-state index contributed by atoms with van der Waals surface area (Å²) < 4.78 is 77.9. The lowest BCUT2D eigenvalue weighted by Gasteiger charge is -2.36. The molecule has 0 unspecified atom stereocenters. The fourth-order valence-electron chi connectivity index (χ4n) is 7.31. The van der Waals surface area contributed by atoms with Gasteiger partial charge in [-0.25, -0.2) is 14.8 Å².